The molecule has 3 fully saturated rings. The van der Waals surface area contributed by atoms with Gasteiger partial charge in [-0.3, -0.25) is 29.5 Å². The number of amides is 4. The standard InChI is InChI=1S/C35H30ClF2N3O5/c1-2-15-40-31(43)24-13-12-23-25(29(24)33(40)45)17-26-32(44)41(39-22-10-8-21(37)9-11-22)34(46)35(26,19-4-6-20(36)7-5-19)30(23)18-3-14-28(42)27(38)16-18/h3-12,14,16,24-26,29-30,39,42H,2,13,15,17H2,1H3/t24-,25+,26-,29-,30-,35+/m0/s1. The van der Waals surface area contributed by atoms with E-state index in [1.54, 1.807) is 24.3 Å². The number of phenolic OH excluding ortho intramolecular Hbond substituents is 1. The van der Waals surface area contributed by atoms with Gasteiger partial charge in [-0.1, -0.05) is 48.4 Å². The fourth-order valence-corrected chi connectivity index (χ4v) is 8.37. The Balaban J connectivity index is 1.45. The number of likely N-dealkylation sites (tertiary alicyclic amines) is 1. The first kappa shape index (κ1) is 30.1. The van der Waals surface area contributed by atoms with Crippen molar-refractivity contribution in [2.75, 3.05) is 12.0 Å². The van der Waals surface area contributed by atoms with Crippen LogP contribution >= 0.6 is 11.6 Å². The van der Waals surface area contributed by atoms with Crippen molar-refractivity contribution < 1.29 is 33.1 Å². The summed E-state index contributed by atoms with van der Waals surface area (Å²) in [5.74, 6) is -7.65. The molecule has 3 aromatic carbocycles. The smallest absolute Gasteiger partial charge is 0.260 e. The zero-order valence-corrected chi connectivity index (χ0v) is 25.5. The molecule has 0 radical (unpaired) electrons. The van der Waals surface area contributed by atoms with Crippen LogP contribution in [0.3, 0.4) is 0 Å². The molecule has 2 N–H and O–H groups in total. The lowest BCUT2D eigenvalue weighted by Crippen LogP contribution is -2.53. The summed E-state index contributed by atoms with van der Waals surface area (Å²) in [4.78, 5) is 58.0. The van der Waals surface area contributed by atoms with E-state index in [9.17, 15) is 28.7 Å². The first-order valence-electron chi connectivity index (χ1n) is 15.3. The van der Waals surface area contributed by atoms with E-state index in [2.05, 4.69) is 5.43 Å². The summed E-state index contributed by atoms with van der Waals surface area (Å²) in [6.07, 6.45) is 2.80. The van der Waals surface area contributed by atoms with Crippen molar-refractivity contribution in [2.45, 2.75) is 37.5 Å². The van der Waals surface area contributed by atoms with Crippen LogP contribution in [-0.2, 0) is 24.6 Å². The number of aromatic hydroxyl groups is 1. The van der Waals surface area contributed by atoms with Crippen molar-refractivity contribution in [3.63, 3.8) is 0 Å². The highest BCUT2D eigenvalue weighted by atomic mass is 35.5. The van der Waals surface area contributed by atoms with Crippen LogP contribution in [-0.4, -0.2) is 45.2 Å². The van der Waals surface area contributed by atoms with Gasteiger partial charge in [0.1, 0.15) is 5.82 Å². The minimum atomic E-state index is -1.62. The van der Waals surface area contributed by atoms with Crippen LogP contribution in [0.2, 0.25) is 5.02 Å². The number of nitrogens with zero attached hydrogens (tertiary/aromatic N) is 2. The predicted molar refractivity (Wildman–Crippen MR) is 164 cm³/mol. The lowest BCUT2D eigenvalue weighted by molar-refractivity contribution is -0.141. The second-order valence-corrected chi connectivity index (χ2v) is 12.8. The highest BCUT2D eigenvalue weighted by Gasteiger charge is 2.70. The topological polar surface area (TPSA) is 107 Å². The first-order valence-corrected chi connectivity index (χ1v) is 15.7. The van der Waals surface area contributed by atoms with Crippen molar-refractivity contribution in [3.05, 3.63) is 106 Å². The Morgan fingerprint density at radius 2 is 1.65 bits per heavy atom. The van der Waals surface area contributed by atoms with E-state index >= 15 is 4.39 Å². The van der Waals surface area contributed by atoms with Gasteiger partial charge in [-0.15, -0.1) is 0 Å². The third-order valence-electron chi connectivity index (χ3n) is 10.1. The summed E-state index contributed by atoms with van der Waals surface area (Å²) < 4.78 is 28.8. The molecule has 1 saturated carbocycles. The molecule has 4 aliphatic rings. The van der Waals surface area contributed by atoms with Crippen LogP contribution in [0.1, 0.15) is 43.2 Å². The molecule has 2 aliphatic heterocycles. The van der Waals surface area contributed by atoms with Crippen LogP contribution in [0.4, 0.5) is 14.5 Å². The molecule has 6 atom stereocenters. The Bertz CT molecular complexity index is 1810. The summed E-state index contributed by atoms with van der Waals surface area (Å²) in [5.41, 5.74) is 3.00. The number of allylic oxidation sites excluding steroid dienone is 2. The number of hydrazine groups is 1. The minimum Gasteiger partial charge on any atom is -0.505 e. The first-order chi connectivity index (χ1) is 22.1. The fraction of sp³-hybridized carbons (Fsp3) is 0.314. The average molecular weight is 646 g/mol. The van der Waals surface area contributed by atoms with Crippen molar-refractivity contribution >= 4 is 40.9 Å². The van der Waals surface area contributed by atoms with Gasteiger partial charge in [0, 0.05) is 17.5 Å². The largest absolute Gasteiger partial charge is 0.505 e. The van der Waals surface area contributed by atoms with Crippen molar-refractivity contribution in [3.8, 4) is 5.75 Å². The molecular formula is C35H30ClF2N3O5. The van der Waals surface area contributed by atoms with E-state index in [4.69, 9.17) is 11.6 Å². The maximum absolute atomic E-state index is 15.1. The fourth-order valence-electron chi connectivity index (χ4n) is 8.24. The SMILES string of the molecule is CCCN1C(=O)[C@H]2[C@H](CC=C3[C@H]2C[C@H]2C(=O)N(Nc4ccc(F)cc4)C(=O)[C@@]2(c2ccc(Cl)cc2)[C@H]3c2ccc(O)c(F)c2)C1=O. The van der Waals surface area contributed by atoms with Gasteiger partial charge in [0.2, 0.25) is 11.8 Å². The zero-order chi connectivity index (χ0) is 32.5. The molecule has 3 aromatic rings. The number of hydrogen-bond acceptors (Lipinski definition) is 6. The normalized spacial score (nSPS) is 28.6. The number of fused-ring (bicyclic) bond motifs is 4. The van der Waals surface area contributed by atoms with Gasteiger partial charge in [-0.2, -0.15) is 5.01 Å². The minimum absolute atomic E-state index is 0.0812. The monoisotopic (exact) mass is 645 g/mol. The van der Waals surface area contributed by atoms with E-state index in [1.165, 1.54) is 41.3 Å². The predicted octanol–water partition coefficient (Wildman–Crippen LogP) is 5.72. The van der Waals surface area contributed by atoms with Gasteiger partial charge in [0.15, 0.2) is 11.6 Å². The molecule has 0 spiro atoms. The molecule has 2 aliphatic carbocycles. The lowest BCUT2D eigenvalue weighted by atomic mass is 9.49. The van der Waals surface area contributed by atoms with E-state index in [1.807, 2.05) is 13.0 Å². The van der Waals surface area contributed by atoms with Crippen molar-refractivity contribution in [1.82, 2.24) is 9.91 Å². The quantitative estimate of drug-likeness (QED) is 0.262. The molecule has 236 valence electrons. The zero-order valence-electron chi connectivity index (χ0n) is 24.8. The molecule has 4 amide bonds. The number of rotatable bonds is 6. The van der Waals surface area contributed by atoms with E-state index in [-0.39, 0.29) is 31.2 Å². The molecule has 46 heavy (non-hydrogen) atoms. The van der Waals surface area contributed by atoms with Crippen LogP contribution < -0.4 is 5.43 Å². The Labute approximate surface area is 268 Å². The molecule has 0 aromatic heterocycles. The summed E-state index contributed by atoms with van der Waals surface area (Å²) in [7, 11) is 0. The number of anilines is 1. The molecule has 0 bridgehead atoms. The average Bonchev–Trinajstić information content (AvgIpc) is 3.41. The number of carbonyl (C=O) groups is 4. The maximum atomic E-state index is 15.1. The number of halogens is 3. The Hall–Kier alpha value is -4.57. The van der Waals surface area contributed by atoms with Gasteiger partial charge in [-0.25, -0.2) is 8.78 Å². The second kappa shape index (κ2) is 11.0. The number of phenols is 1. The second-order valence-electron chi connectivity index (χ2n) is 12.4. The summed E-state index contributed by atoms with van der Waals surface area (Å²) in [6, 6.07) is 15.6. The van der Waals surface area contributed by atoms with Crippen molar-refractivity contribution in [1.29, 1.82) is 0 Å². The van der Waals surface area contributed by atoms with Crippen LogP contribution in [0, 0.1) is 35.3 Å². The molecule has 2 heterocycles. The van der Waals surface area contributed by atoms with E-state index < -0.39 is 64.2 Å². The molecule has 7 rings (SSSR count). The molecule has 8 nitrogen and oxygen atoms in total. The maximum Gasteiger partial charge on any atom is 0.260 e. The van der Waals surface area contributed by atoms with Gasteiger partial charge >= 0.3 is 0 Å². The Morgan fingerprint density at radius 3 is 2.33 bits per heavy atom. The third-order valence-corrected chi connectivity index (χ3v) is 10.4. The Kier molecular flexibility index (Phi) is 7.23. The molecule has 11 heteroatoms. The number of nitrogens with one attached hydrogen (secondary N) is 1. The number of carbonyl (C=O) groups excluding carboxylic acids is 4. The highest BCUT2D eigenvalue weighted by Crippen LogP contribution is 2.64. The van der Waals surface area contributed by atoms with E-state index in [0.29, 0.717) is 33.8 Å². The molecule has 0 unspecified atom stereocenters. The third kappa shape index (κ3) is 4.30. The highest BCUT2D eigenvalue weighted by molar-refractivity contribution is 6.30. The Morgan fingerprint density at radius 1 is 0.935 bits per heavy atom. The lowest BCUT2D eigenvalue weighted by Gasteiger charge is -2.50. The van der Waals surface area contributed by atoms with Gasteiger partial charge in [0.25, 0.3) is 11.8 Å². The van der Waals surface area contributed by atoms with Gasteiger partial charge in [0.05, 0.1) is 28.9 Å². The molecule has 2 saturated heterocycles. The summed E-state index contributed by atoms with van der Waals surface area (Å²) in [6.45, 7) is 2.17. The number of imide groups is 2. The van der Waals surface area contributed by atoms with Crippen LogP contribution in [0.25, 0.3) is 0 Å². The summed E-state index contributed by atoms with van der Waals surface area (Å²) >= 11 is 6.27. The van der Waals surface area contributed by atoms with Gasteiger partial charge < -0.3 is 5.11 Å². The molecular weight excluding hydrogens is 616 g/mol. The van der Waals surface area contributed by atoms with Crippen LogP contribution in [0.15, 0.2) is 78.4 Å². The van der Waals surface area contributed by atoms with Gasteiger partial charge in [-0.05, 0) is 84.8 Å². The summed E-state index contributed by atoms with van der Waals surface area (Å²) in [5, 5.41) is 11.4. The number of benzene rings is 3. The van der Waals surface area contributed by atoms with Crippen molar-refractivity contribution in [2.24, 2.45) is 23.7 Å². The van der Waals surface area contributed by atoms with E-state index in [0.717, 1.165) is 11.1 Å². The van der Waals surface area contributed by atoms with Crippen LogP contribution in [0.5, 0.6) is 5.75 Å². The number of hydrogen-bond donors (Lipinski definition) is 2.